The fourth-order valence-corrected chi connectivity index (χ4v) is 9.67. The van der Waals surface area contributed by atoms with Crippen LogP contribution in [-0.4, -0.2) is 133 Å². The largest absolute Gasteiger partial charge is 0.506 e. The van der Waals surface area contributed by atoms with E-state index >= 15 is 0 Å². The quantitative estimate of drug-likeness (QED) is 0.0964. The highest BCUT2D eigenvalue weighted by molar-refractivity contribution is 7.09. The Morgan fingerprint density at radius 1 is 1.08 bits per heavy atom. The van der Waals surface area contributed by atoms with E-state index in [1.165, 1.54) is 12.0 Å². The zero-order chi connectivity index (χ0) is 42.6. The van der Waals surface area contributed by atoms with Crippen LogP contribution in [0.2, 0.25) is 0 Å². The number of fused-ring (bicyclic) bond motifs is 1. The zero-order valence-corrected chi connectivity index (χ0v) is 36.8. The predicted octanol–water partition coefficient (Wildman–Crippen LogP) is 5.98. The van der Waals surface area contributed by atoms with Crippen molar-refractivity contribution < 1.29 is 38.4 Å². The second kappa shape index (κ2) is 21.7. The number of aromatic nitrogens is 1. The monoisotopic (exact) mass is 860 g/mol. The molecule has 332 valence electrons. The summed E-state index contributed by atoms with van der Waals surface area (Å²) in [6, 6.07) is 12.0. The van der Waals surface area contributed by atoms with Gasteiger partial charge in [0.15, 0.2) is 12.4 Å². The third-order valence-electron chi connectivity index (χ3n) is 12.3. The molecule has 0 bridgehead atoms. The fraction of sp³-hybridized carbons (Fsp3) is 0.609. The summed E-state index contributed by atoms with van der Waals surface area (Å²) in [6.45, 7) is 12.0. The Kier molecular flexibility index (Phi) is 15.9. The molecule has 0 unspecified atom stereocenters. The first-order valence-electron chi connectivity index (χ1n) is 22.3. The number of anilines is 1. The molecule has 0 radical (unpaired) electrons. The normalized spacial score (nSPS) is 18.1. The molecular formula is C46H64N6O8S. The van der Waals surface area contributed by atoms with Gasteiger partial charge in [0.2, 0.25) is 5.91 Å². The number of ether oxygens (including phenoxy) is 4. The van der Waals surface area contributed by atoms with Gasteiger partial charge in [0, 0.05) is 69.6 Å². The smallest absolute Gasteiger partial charge is 0.273 e. The summed E-state index contributed by atoms with van der Waals surface area (Å²) in [7, 11) is 0. The Hall–Kier alpha value is -4.28. The molecule has 3 aliphatic heterocycles. The lowest BCUT2D eigenvalue weighted by molar-refractivity contribution is -0.135. The highest BCUT2D eigenvalue weighted by Crippen LogP contribution is 2.39. The minimum Gasteiger partial charge on any atom is -0.506 e. The van der Waals surface area contributed by atoms with Gasteiger partial charge in [0.05, 0.1) is 43.4 Å². The van der Waals surface area contributed by atoms with Crippen molar-refractivity contribution in [3.05, 3.63) is 63.6 Å². The van der Waals surface area contributed by atoms with Crippen molar-refractivity contribution >= 4 is 34.7 Å². The van der Waals surface area contributed by atoms with Crippen molar-refractivity contribution in [2.45, 2.75) is 102 Å². The van der Waals surface area contributed by atoms with Crippen LogP contribution in [0.1, 0.15) is 104 Å². The minimum absolute atomic E-state index is 0.00737. The highest BCUT2D eigenvalue weighted by Gasteiger charge is 2.41. The molecule has 14 nitrogen and oxygen atoms in total. The van der Waals surface area contributed by atoms with Crippen LogP contribution in [0.5, 0.6) is 17.2 Å². The number of nitrogens with one attached hydrogen (secondary N) is 2. The molecule has 2 aromatic carbocycles. The Morgan fingerprint density at radius 2 is 1.92 bits per heavy atom. The number of rotatable bonds is 19. The van der Waals surface area contributed by atoms with Crippen LogP contribution < -0.4 is 20.1 Å². The molecule has 1 spiro atoms. The number of phenolic OH excluding ortho intramolecular Hbond substituents is 1. The maximum atomic E-state index is 13.5. The van der Waals surface area contributed by atoms with E-state index in [1.807, 2.05) is 28.5 Å². The number of nitrogens with zero attached hydrogens (tertiary/aromatic N) is 4. The van der Waals surface area contributed by atoms with Gasteiger partial charge in [0.1, 0.15) is 22.9 Å². The number of amides is 3. The molecule has 15 heteroatoms. The van der Waals surface area contributed by atoms with E-state index in [1.54, 1.807) is 17.4 Å². The van der Waals surface area contributed by atoms with Crippen molar-refractivity contribution in [2.75, 3.05) is 84.2 Å². The number of hydrogen-bond acceptors (Lipinski definition) is 12. The van der Waals surface area contributed by atoms with Gasteiger partial charge in [-0.1, -0.05) is 51.3 Å². The summed E-state index contributed by atoms with van der Waals surface area (Å²) >= 11 is 1.56. The number of carbonyl (C=O) groups excluding carboxylic acids is 3. The van der Waals surface area contributed by atoms with E-state index in [4.69, 9.17) is 18.9 Å². The van der Waals surface area contributed by atoms with Gasteiger partial charge < -0.3 is 44.5 Å². The van der Waals surface area contributed by atoms with Crippen molar-refractivity contribution in [3.8, 4) is 17.2 Å². The van der Waals surface area contributed by atoms with Crippen molar-refractivity contribution in [1.29, 1.82) is 0 Å². The molecule has 1 saturated carbocycles. The van der Waals surface area contributed by atoms with Gasteiger partial charge in [-0.25, -0.2) is 4.98 Å². The van der Waals surface area contributed by atoms with E-state index in [-0.39, 0.29) is 41.7 Å². The molecule has 4 aliphatic rings. The zero-order valence-electron chi connectivity index (χ0n) is 36.0. The Balaban J connectivity index is 0.776. The summed E-state index contributed by atoms with van der Waals surface area (Å²) in [4.78, 5) is 49.6. The lowest BCUT2D eigenvalue weighted by atomic mass is 9.89. The molecular weight excluding hydrogens is 797 g/mol. The average molecular weight is 861 g/mol. The number of piperidine rings is 1. The van der Waals surface area contributed by atoms with E-state index in [9.17, 15) is 19.5 Å². The molecule has 2 saturated heterocycles. The molecule has 1 aromatic heterocycles. The lowest BCUT2D eigenvalue weighted by Gasteiger charge is -2.47. The summed E-state index contributed by atoms with van der Waals surface area (Å²) in [6.07, 6.45) is 9.11. The van der Waals surface area contributed by atoms with Crippen LogP contribution in [0.3, 0.4) is 0 Å². The molecule has 3 N–H and O–H groups in total. The molecule has 3 fully saturated rings. The number of thiazole rings is 1. The van der Waals surface area contributed by atoms with Crippen molar-refractivity contribution in [2.24, 2.45) is 0 Å². The predicted molar refractivity (Wildman–Crippen MR) is 235 cm³/mol. The van der Waals surface area contributed by atoms with Crippen molar-refractivity contribution in [1.82, 2.24) is 25.0 Å². The first-order valence-corrected chi connectivity index (χ1v) is 23.2. The van der Waals surface area contributed by atoms with Crippen LogP contribution in [0, 0.1) is 0 Å². The maximum absolute atomic E-state index is 13.5. The molecule has 1 aliphatic carbocycles. The van der Waals surface area contributed by atoms with Crippen LogP contribution in [0.15, 0.2) is 41.8 Å². The summed E-state index contributed by atoms with van der Waals surface area (Å²) < 4.78 is 24.0. The fourth-order valence-electron chi connectivity index (χ4n) is 8.86. The molecule has 61 heavy (non-hydrogen) atoms. The molecule has 4 heterocycles. The number of likely N-dealkylation sites (tertiary alicyclic amines) is 1. The van der Waals surface area contributed by atoms with Gasteiger partial charge in [0.25, 0.3) is 11.8 Å². The molecule has 0 atom stereocenters. The lowest BCUT2D eigenvalue weighted by Crippen LogP contribution is -2.58. The first-order chi connectivity index (χ1) is 29.7. The minimum atomic E-state index is -0.300. The Bertz CT molecular complexity index is 1930. The van der Waals surface area contributed by atoms with E-state index in [2.05, 4.69) is 51.4 Å². The van der Waals surface area contributed by atoms with Gasteiger partial charge >= 0.3 is 0 Å². The standard InChI is InChI=1S/C46H64N6O8S/c1-33(2)44-48-38(31-61-44)45(56)51-23-27-60-46(32-51)16-20-50(21-17-46)29-34-8-6-11-37(28-34)58-25-7-24-57-26-15-41(55)52(36-9-4-3-5-10-36)22-19-47-18-14-35-12-13-39(53)42-43(35)59-30-40(54)49-42/h6,8,11-13,28,31,33,36,47,53H,3-5,7,9-10,14-27,29-30,32H2,1-2H3,(H,49,54). The molecule has 3 aromatic rings. The summed E-state index contributed by atoms with van der Waals surface area (Å²) in [5.41, 5.74) is 2.69. The topological polar surface area (TPSA) is 155 Å². The maximum Gasteiger partial charge on any atom is 0.273 e. The Morgan fingerprint density at radius 3 is 2.72 bits per heavy atom. The van der Waals surface area contributed by atoms with Crippen LogP contribution in [0.25, 0.3) is 0 Å². The number of aromatic hydroxyl groups is 1. The second-order valence-electron chi connectivity index (χ2n) is 17.1. The van der Waals surface area contributed by atoms with Crippen LogP contribution in [0.4, 0.5) is 5.69 Å². The number of morpholine rings is 1. The number of benzene rings is 2. The van der Waals surface area contributed by atoms with E-state index < -0.39 is 0 Å². The van der Waals surface area contributed by atoms with Gasteiger partial charge in [-0.15, -0.1) is 11.3 Å². The Labute approximate surface area is 364 Å². The first kappa shape index (κ1) is 44.8. The van der Waals surface area contributed by atoms with Gasteiger partial charge in [-0.05, 0) is 68.0 Å². The molecule has 7 rings (SSSR count). The van der Waals surface area contributed by atoms with Gasteiger partial charge in [-0.3, -0.25) is 19.3 Å². The highest BCUT2D eigenvalue weighted by atomic mass is 32.1. The summed E-state index contributed by atoms with van der Waals surface area (Å²) in [5, 5.41) is 19.2. The van der Waals surface area contributed by atoms with E-state index in [0.717, 1.165) is 80.9 Å². The number of carbonyl (C=O) groups is 3. The molecule has 3 amide bonds. The second-order valence-corrected chi connectivity index (χ2v) is 18.0. The third kappa shape index (κ3) is 12.2. The van der Waals surface area contributed by atoms with Crippen molar-refractivity contribution in [3.63, 3.8) is 0 Å². The van der Waals surface area contributed by atoms with Gasteiger partial charge in [-0.2, -0.15) is 0 Å². The number of hydrogen-bond donors (Lipinski definition) is 3. The summed E-state index contributed by atoms with van der Waals surface area (Å²) in [5.74, 6) is 1.54. The van der Waals surface area contributed by atoms with Crippen LogP contribution in [-0.2, 0) is 32.0 Å². The van der Waals surface area contributed by atoms with E-state index in [0.29, 0.717) is 95.0 Å². The SMILES string of the molecule is CC(C)c1nc(C(=O)N2CCOC3(CCN(Cc4cccc(OCCCOCCC(=O)N(CCNCCc5ccc(O)c6c5OCC(=O)N6)C5CCCCC5)c4)CC3)C2)cs1. The van der Waals surface area contributed by atoms with Crippen LogP contribution >= 0.6 is 11.3 Å². The third-order valence-corrected chi connectivity index (χ3v) is 13.4. The number of phenols is 1. The average Bonchev–Trinajstić information content (AvgIpc) is 3.78.